The van der Waals surface area contributed by atoms with E-state index in [4.69, 9.17) is 0 Å². The van der Waals surface area contributed by atoms with Crippen molar-refractivity contribution in [3.63, 3.8) is 0 Å². The molecule has 0 spiro atoms. The fourth-order valence-corrected chi connectivity index (χ4v) is 4.80. The van der Waals surface area contributed by atoms with Gasteiger partial charge in [-0.1, -0.05) is 51.5 Å². The molecule has 0 radical (unpaired) electrons. The van der Waals surface area contributed by atoms with Crippen molar-refractivity contribution < 1.29 is 4.79 Å². The molecule has 0 aromatic heterocycles. The molecule has 0 saturated heterocycles. The van der Waals surface area contributed by atoms with Gasteiger partial charge in [0.05, 0.1) is 0 Å². The summed E-state index contributed by atoms with van der Waals surface area (Å²) in [5.41, 5.74) is 0. The van der Waals surface area contributed by atoms with Gasteiger partial charge in [0.1, 0.15) is 6.29 Å². The molecule has 146 valence electrons. The highest BCUT2D eigenvalue weighted by Crippen LogP contribution is 2.41. The van der Waals surface area contributed by atoms with Crippen LogP contribution < -0.4 is 0 Å². The number of allylic oxidation sites excluding steroid dienone is 2. The summed E-state index contributed by atoms with van der Waals surface area (Å²) in [5, 5.41) is 0. The smallest absolute Gasteiger partial charge is 0.142 e. The van der Waals surface area contributed by atoms with Crippen LogP contribution in [0.3, 0.4) is 0 Å². The maximum Gasteiger partial charge on any atom is 0.142 e. The summed E-state index contributed by atoms with van der Waals surface area (Å²) in [6, 6.07) is 0.872. The zero-order valence-corrected chi connectivity index (χ0v) is 17.4. The molecule has 0 aliphatic heterocycles. The molecule has 2 rings (SSSR count). The lowest BCUT2D eigenvalue weighted by Crippen LogP contribution is -2.34. The van der Waals surface area contributed by atoms with Crippen LogP contribution in [0.1, 0.15) is 90.9 Å². The molecular weight excluding hydrogens is 306 g/mol. The molecule has 0 bridgehead atoms. The molecule has 2 nitrogen and oxygen atoms in total. The quantitative estimate of drug-likeness (QED) is 0.307. The molecule has 2 aliphatic rings. The number of aldehydes is 1. The summed E-state index contributed by atoms with van der Waals surface area (Å²) in [5.74, 6) is 3.24. The minimum Gasteiger partial charge on any atom is -0.306 e. The summed E-state index contributed by atoms with van der Waals surface area (Å²) < 4.78 is 0. The first-order chi connectivity index (χ1) is 12.1. The Morgan fingerprint density at radius 1 is 0.880 bits per heavy atom. The van der Waals surface area contributed by atoms with Crippen LogP contribution in [0.5, 0.6) is 0 Å². The van der Waals surface area contributed by atoms with Crippen LogP contribution >= 0.6 is 0 Å². The SMILES string of the molecule is C/C=C/C=O.CCCCCC1CCC(C2CCC(N(C)C)CC2)CC1. The maximum absolute atomic E-state index is 9.32. The number of carbonyl (C=O) groups is 1. The number of nitrogens with zero attached hydrogens (tertiary/aromatic N) is 1. The van der Waals surface area contributed by atoms with Crippen LogP contribution in [0.2, 0.25) is 0 Å². The van der Waals surface area contributed by atoms with Crippen LogP contribution in [-0.2, 0) is 4.79 Å². The lowest BCUT2D eigenvalue weighted by atomic mass is 9.69. The Morgan fingerprint density at radius 3 is 1.84 bits per heavy atom. The Balaban J connectivity index is 0.000000550. The molecule has 2 aliphatic carbocycles. The fraction of sp³-hybridized carbons (Fsp3) is 0.870. The number of hydrogen-bond acceptors (Lipinski definition) is 2. The van der Waals surface area contributed by atoms with Crippen molar-refractivity contribution in [3.05, 3.63) is 12.2 Å². The van der Waals surface area contributed by atoms with E-state index in [1.165, 1.54) is 57.4 Å². The Hall–Kier alpha value is -0.630. The summed E-state index contributed by atoms with van der Waals surface area (Å²) in [7, 11) is 4.51. The molecule has 25 heavy (non-hydrogen) atoms. The normalized spacial score (nSPS) is 30.1. The second-order valence-corrected chi connectivity index (χ2v) is 8.47. The molecule has 2 heteroatoms. The van der Waals surface area contributed by atoms with Crippen molar-refractivity contribution in [2.75, 3.05) is 14.1 Å². The van der Waals surface area contributed by atoms with Crippen LogP contribution in [0, 0.1) is 17.8 Å². The van der Waals surface area contributed by atoms with Crippen molar-refractivity contribution in [1.82, 2.24) is 4.90 Å². The maximum atomic E-state index is 9.32. The lowest BCUT2D eigenvalue weighted by Gasteiger charge is -2.39. The molecule has 0 atom stereocenters. The van der Waals surface area contributed by atoms with E-state index < -0.39 is 0 Å². The van der Waals surface area contributed by atoms with Crippen LogP contribution in [0.15, 0.2) is 12.2 Å². The van der Waals surface area contributed by atoms with Crippen molar-refractivity contribution in [3.8, 4) is 0 Å². The van der Waals surface area contributed by atoms with E-state index in [0.29, 0.717) is 0 Å². The zero-order valence-electron chi connectivity index (χ0n) is 17.4. The molecule has 0 aromatic carbocycles. The number of unbranched alkanes of at least 4 members (excludes halogenated alkanes) is 2. The Labute approximate surface area is 157 Å². The summed E-state index contributed by atoms with van der Waals surface area (Å²) >= 11 is 0. The van der Waals surface area contributed by atoms with E-state index in [0.717, 1.165) is 30.1 Å². The fourth-order valence-electron chi connectivity index (χ4n) is 4.80. The molecule has 0 N–H and O–H groups in total. The third-order valence-electron chi connectivity index (χ3n) is 6.52. The molecule has 0 unspecified atom stereocenters. The van der Waals surface area contributed by atoms with Gasteiger partial charge in [-0.2, -0.15) is 0 Å². The van der Waals surface area contributed by atoms with Gasteiger partial charge < -0.3 is 4.90 Å². The third-order valence-corrected chi connectivity index (χ3v) is 6.52. The van der Waals surface area contributed by atoms with E-state index in [-0.39, 0.29) is 0 Å². The minimum atomic E-state index is 0.750. The number of carbonyl (C=O) groups excluding carboxylic acids is 1. The van der Waals surface area contributed by atoms with Crippen molar-refractivity contribution in [2.45, 2.75) is 96.9 Å². The highest BCUT2D eigenvalue weighted by atomic mass is 16.1. The zero-order chi connectivity index (χ0) is 18.5. The van der Waals surface area contributed by atoms with E-state index >= 15 is 0 Å². The Morgan fingerprint density at radius 2 is 1.44 bits per heavy atom. The van der Waals surface area contributed by atoms with Gasteiger partial charge in [-0.15, -0.1) is 0 Å². The second-order valence-electron chi connectivity index (χ2n) is 8.47. The molecule has 0 heterocycles. The predicted octanol–water partition coefficient (Wildman–Crippen LogP) is 6.25. The molecule has 0 amide bonds. The Kier molecular flexibility index (Phi) is 12.2. The highest BCUT2D eigenvalue weighted by molar-refractivity contribution is 5.64. The predicted molar refractivity (Wildman–Crippen MR) is 110 cm³/mol. The number of hydrogen-bond donors (Lipinski definition) is 0. The van der Waals surface area contributed by atoms with Gasteiger partial charge in [0.2, 0.25) is 0 Å². The largest absolute Gasteiger partial charge is 0.306 e. The third kappa shape index (κ3) is 9.03. The molecular formula is C23H43NO. The standard InChI is InChI=1S/C19H37N.C4H6O/c1-4-5-6-7-16-8-10-17(11-9-16)18-12-14-19(15-13-18)20(2)3;1-2-3-4-5/h16-19H,4-15H2,1-3H3;2-4H,1H3/b;3-2+. The first kappa shape index (κ1) is 22.4. The van der Waals surface area contributed by atoms with Crippen LogP contribution in [0.4, 0.5) is 0 Å². The van der Waals surface area contributed by atoms with Crippen LogP contribution in [0.25, 0.3) is 0 Å². The molecule has 2 fully saturated rings. The van der Waals surface area contributed by atoms with E-state index in [2.05, 4.69) is 25.9 Å². The van der Waals surface area contributed by atoms with Crippen LogP contribution in [-0.4, -0.2) is 31.3 Å². The van der Waals surface area contributed by atoms with Crippen molar-refractivity contribution in [1.29, 1.82) is 0 Å². The topological polar surface area (TPSA) is 20.3 Å². The number of rotatable bonds is 7. The average Bonchev–Trinajstić information content (AvgIpc) is 2.64. The average molecular weight is 350 g/mol. The van der Waals surface area contributed by atoms with E-state index in [1.54, 1.807) is 38.7 Å². The molecule has 2 saturated carbocycles. The second kappa shape index (κ2) is 13.6. The van der Waals surface area contributed by atoms with Gasteiger partial charge in [0, 0.05) is 6.04 Å². The van der Waals surface area contributed by atoms with Crippen molar-refractivity contribution in [2.24, 2.45) is 17.8 Å². The summed E-state index contributed by atoms with van der Waals surface area (Å²) in [4.78, 5) is 11.8. The molecule has 0 aromatic rings. The van der Waals surface area contributed by atoms with E-state index in [1.807, 2.05) is 0 Å². The monoisotopic (exact) mass is 349 g/mol. The van der Waals surface area contributed by atoms with Gasteiger partial charge in [0.15, 0.2) is 0 Å². The first-order valence-corrected chi connectivity index (χ1v) is 10.8. The van der Waals surface area contributed by atoms with E-state index in [9.17, 15) is 4.79 Å². The minimum absolute atomic E-state index is 0.750. The highest BCUT2D eigenvalue weighted by Gasteiger charge is 2.31. The lowest BCUT2D eigenvalue weighted by molar-refractivity contribution is -0.104. The first-order valence-electron chi connectivity index (χ1n) is 10.8. The summed E-state index contributed by atoms with van der Waals surface area (Å²) in [6.45, 7) is 4.12. The van der Waals surface area contributed by atoms with Gasteiger partial charge in [-0.25, -0.2) is 0 Å². The Bertz CT molecular complexity index is 347. The van der Waals surface area contributed by atoms with Gasteiger partial charge >= 0.3 is 0 Å². The van der Waals surface area contributed by atoms with Gasteiger partial charge in [0.25, 0.3) is 0 Å². The van der Waals surface area contributed by atoms with Gasteiger partial charge in [-0.05, 0) is 83.4 Å². The van der Waals surface area contributed by atoms with Crippen molar-refractivity contribution >= 4 is 6.29 Å². The van der Waals surface area contributed by atoms with Gasteiger partial charge in [-0.3, -0.25) is 4.79 Å². The summed E-state index contributed by atoms with van der Waals surface area (Å²) in [6.07, 6.45) is 21.8.